The van der Waals surface area contributed by atoms with Crippen molar-refractivity contribution in [3.8, 4) is 5.75 Å². The Morgan fingerprint density at radius 2 is 2.35 bits per heavy atom. The smallest absolute Gasteiger partial charge is 0.255 e. The molecule has 1 aromatic carbocycles. The molecule has 2 rings (SSSR count). The molecule has 1 aliphatic rings. The van der Waals surface area contributed by atoms with E-state index < -0.39 is 0 Å². The molecule has 1 amide bonds. The number of methoxy groups -OCH3 is 1. The van der Waals surface area contributed by atoms with Crippen molar-refractivity contribution in [2.24, 2.45) is 5.92 Å². The Hall–Kier alpha value is -1.55. The zero-order valence-corrected chi connectivity index (χ0v) is 12.3. The van der Waals surface area contributed by atoms with Crippen molar-refractivity contribution in [2.45, 2.75) is 26.2 Å². The van der Waals surface area contributed by atoms with E-state index in [1.807, 2.05) is 25.1 Å². The number of hydrogen-bond acceptors (Lipinski definition) is 3. The highest BCUT2D eigenvalue weighted by molar-refractivity contribution is 5.97. The molecule has 0 aromatic heterocycles. The first-order valence-electron chi connectivity index (χ1n) is 7.21. The Morgan fingerprint density at radius 1 is 1.50 bits per heavy atom. The zero-order chi connectivity index (χ0) is 14.4. The second-order valence-electron chi connectivity index (χ2n) is 5.33. The fourth-order valence-electron chi connectivity index (χ4n) is 2.52. The summed E-state index contributed by atoms with van der Waals surface area (Å²) in [6.45, 7) is 4.35. The lowest BCUT2D eigenvalue weighted by molar-refractivity contribution is 0.0514. The third-order valence-electron chi connectivity index (χ3n) is 3.69. The molecule has 20 heavy (non-hydrogen) atoms. The van der Waals surface area contributed by atoms with Gasteiger partial charge in [0.05, 0.1) is 12.7 Å². The molecular weight excluding hydrogens is 254 g/mol. The number of amides is 1. The fourth-order valence-corrected chi connectivity index (χ4v) is 2.52. The monoisotopic (exact) mass is 277 g/mol. The minimum atomic E-state index is -0.0673. The molecule has 0 bridgehead atoms. The standard InChI is InChI=1S/C16H23NO3/c1-12-5-6-15(19-2)14(10-12)16(18)17-8-7-13-4-3-9-20-11-13/h5-6,10,13H,3-4,7-9,11H2,1-2H3,(H,17,18). The summed E-state index contributed by atoms with van der Waals surface area (Å²) < 4.78 is 10.7. The van der Waals surface area contributed by atoms with E-state index in [9.17, 15) is 4.79 Å². The number of benzene rings is 1. The molecule has 110 valence electrons. The van der Waals surface area contributed by atoms with Crippen molar-refractivity contribution in [1.82, 2.24) is 5.32 Å². The number of carbonyl (C=O) groups is 1. The number of hydrogen-bond donors (Lipinski definition) is 1. The molecule has 4 nitrogen and oxygen atoms in total. The van der Waals surface area contributed by atoms with Crippen LogP contribution in [-0.2, 0) is 4.74 Å². The molecule has 0 radical (unpaired) electrons. The molecule has 1 saturated heterocycles. The van der Waals surface area contributed by atoms with Gasteiger partial charge in [-0.05, 0) is 44.2 Å². The topological polar surface area (TPSA) is 47.6 Å². The Labute approximate surface area is 120 Å². The summed E-state index contributed by atoms with van der Waals surface area (Å²) in [5.74, 6) is 1.12. The predicted octanol–water partition coefficient (Wildman–Crippen LogP) is 2.55. The van der Waals surface area contributed by atoms with Crippen molar-refractivity contribution < 1.29 is 14.3 Å². The van der Waals surface area contributed by atoms with E-state index in [0.29, 0.717) is 23.8 Å². The van der Waals surface area contributed by atoms with Crippen LogP contribution in [-0.4, -0.2) is 32.8 Å². The van der Waals surface area contributed by atoms with E-state index in [1.54, 1.807) is 7.11 Å². The molecular formula is C16H23NO3. The Morgan fingerprint density at radius 3 is 3.05 bits per heavy atom. The second-order valence-corrected chi connectivity index (χ2v) is 5.33. The lowest BCUT2D eigenvalue weighted by Gasteiger charge is -2.22. The third kappa shape index (κ3) is 3.97. The molecule has 0 aliphatic carbocycles. The summed E-state index contributed by atoms with van der Waals surface area (Å²) in [7, 11) is 1.58. The maximum Gasteiger partial charge on any atom is 0.255 e. The number of ether oxygens (including phenoxy) is 2. The number of carbonyl (C=O) groups excluding carboxylic acids is 1. The van der Waals surface area contributed by atoms with Crippen molar-refractivity contribution in [3.05, 3.63) is 29.3 Å². The summed E-state index contributed by atoms with van der Waals surface area (Å²) >= 11 is 0. The molecule has 1 aromatic rings. The normalized spacial score (nSPS) is 18.6. The van der Waals surface area contributed by atoms with Crippen LogP contribution >= 0.6 is 0 Å². The van der Waals surface area contributed by atoms with E-state index in [4.69, 9.17) is 9.47 Å². The minimum Gasteiger partial charge on any atom is -0.496 e. The van der Waals surface area contributed by atoms with Crippen LogP contribution in [0.4, 0.5) is 0 Å². The first-order chi connectivity index (χ1) is 9.70. The van der Waals surface area contributed by atoms with Gasteiger partial charge < -0.3 is 14.8 Å². The van der Waals surface area contributed by atoms with E-state index >= 15 is 0 Å². The molecule has 1 N–H and O–H groups in total. The zero-order valence-electron chi connectivity index (χ0n) is 12.3. The first kappa shape index (κ1) is 14.9. The van der Waals surface area contributed by atoms with Gasteiger partial charge in [-0.25, -0.2) is 0 Å². The van der Waals surface area contributed by atoms with Gasteiger partial charge in [0.15, 0.2) is 0 Å². The molecule has 0 spiro atoms. The summed E-state index contributed by atoms with van der Waals surface area (Å²) in [4.78, 5) is 12.2. The van der Waals surface area contributed by atoms with E-state index in [1.165, 1.54) is 6.42 Å². The van der Waals surface area contributed by atoms with Gasteiger partial charge in [-0.15, -0.1) is 0 Å². The molecule has 1 aliphatic heterocycles. The summed E-state index contributed by atoms with van der Waals surface area (Å²) in [5.41, 5.74) is 1.66. The average Bonchev–Trinajstić information content (AvgIpc) is 2.48. The molecule has 1 atom stereocenters. The Kier molecular flexibility index (Phi) is 5.41. The first-order valence-corrected chi connectivity index (χ1v) is 7.21. The van der Waals surface area contributed by atoms with Crippen LogP contribution in [0, 0.1) is 12.8 Å². The van der Waals surface area contributed by atoms with Gasteiger partial charge in [-0.3, -0.25) is 4.79 Å². The van der Waals surface area contributed by atoms with Gasteiger partial charge in [0.25, 0.3) is 5.91 Å². The number of aryl methyl sites for hydroxylation is 1. The van der Waals surface area contributed by atoms with E-state index in [-0.39, 0.29) is 5.91 Å². The van der Waals surface area contributed by atoms with Gasteiger partial charge in [-0.2, -0.15) is 0 Å². The molecule has 0 saturated carbocycles. The van der Waals surface area contributed by atoms with Gasteiger partial charge >= 0.3 is 0 Å². The van der Waals surface area contributed by atoms with Crippen LogP contribution < -0.4 is 10.1 Å². The summed E-state index contributed by atoms with van der Waals surface area (Å²) in [6.07, 6.45) is 3.30. The quantitative estimate of drug-likeness (QED) is 0.899. The van der Waals surface area contributed by atoms with Crippen molar-refractivity contribution in [3.63, 3.8) is 0 Å². The molecule has 1 unspecified atom stereocenters. The molecule has 1 fully saturated rings. The molecule has 4 heteroatoms. The van der Waals surface area contributed by atoms with Crippen molar-refractivity contribution >= 4 is 5.91 Å². The Balaban J connectivity index is 1.86. The van der Waals surface area contributed by atoms with Crippen LogP contribution in [0.1, 0.15) is 35.2 Å². The fraction of sp³-hybridized carbons (Fsp3) is 0.562. The van der Waals surface area contributed by atoms with Crippen LogP contribution in [0.2, 0.25) is 0 Å². The van der Waals surface area contributed by atoms with Crippen LogP contribution in [0.15, 0.2) is 18.2 Å². The van der Waals surface area contributed by atoms with Gasteiger partial charge in [0.1, 0.15) is 5.75 Å². The lowest BCUT2D eigenvalue weighted by Crippen LogP contribution is -2.28. The van der Waals surface area contributed by atoms with Gasteiger partial charge in [-0.1, -0.05) is 11.6 Å². The van der Waals surface area contributed by atoms with E-state index in [2.05, 4.69) is 5.32 Å². The van der Waals surface area contributed by atoms with Crippen LogP contribution in [0.5, 0.6) is 5.75 Å². The maximum absolute atomic E-state index is 12.2. The van der Waals surface area contributed by atoms with Crippen molar-refractivity contribution in [1.29, 1.82) is 0 Å². The lowest BCUT2D eigenvalue weighted by atomic mass is 9.98. The van der Waals surface area contributed by atoms with Gasteiger partial charge in [0.2, 0.25) is 0 Å². The highest BCUT2D eigenvalue weighted by Gasteiger charge is 2.15. The third-order valence-corrected chi connectivity index (χ3v) is 3.69. The van der Waals surface area contributed by atoms with Gasteiger partial charge in [0, 0.05) is 19.8 Å². The molecule has 1 heterocycles. The largest absolute Gasteiger partial charge is 0.496 e. The highest BCUT2D eigenvalue weighted by atomic mass is 16.5. The van der Waals surface area contributed by atoms with Crippen LogP contribution in [0.25, 0.3) is 0 Å². The maximum atomic E-state index is 12.2. The van der Waals surface area contributed by atoms with E-state index in [0.717, 1.165) is 31.6 Å². The predicted molar refractivity (Wildman–Crippen MR) is 78.2 cm³/mol. The number of rotatable bonds is 5. The number of nitrogens with one attached hydrogen (secondary N) is 1. The summed E-state index contributed by atoms with van der Waals surface area (Å²) in [5, 5.41) is 2.97. The van der Waals surface area contributed by atoms with Crippen molar-refractivity contribution in [2.75, 3.05) is 26.9 Å². The summed E-state index contributed by atoms with van der Waals surface area (Å²) in [6, 6.07) is 5.63. The van der Waals surface area contributed by atoms with Crippen LogP contribution in [0.3, 0.4) is 0 Å². The SMILES string of the molecule is COc1ccc(C)cc1C(=O)NCCC1CCCOC1. The Bertz CT molecular complexity index is 453. The minimum absolute atomic E-state index is 0.0673. The second kappa shape index (κ2) is 7.29. The average molecular weight is 277 g/mol. The highest BCUT2D eigenvalue weighted by Crippen LogP contribution is 2.20.